The molecule has 0 aromatic heterocycles. The first-order valence-corrected chi connectivity index (χ1v) is 12.5. The molecule has 1 aliphatic carbocycles. The molecule has 0 unspecified atom stereocenters. The van der Waals surface area contributed by atoms with E-state index < -0.39 is 35.6 Å². The Labute approximate surface area is 200 Å². The summed E-state index contributed by atoms with van der Waals surface area (Å²) in [4.78, 5) is 41.7. The number of nitrogens with zero attached hydrogens (tertiary/aromatic N) is 1. The van der Waals surface area contributed by atoms with Crippen LogP contribution >= 0.6 is 0 Å². The predicted octanol–water partition coefficient (Wildman–Crippen LogP) is 3.22. The van der Waals surface area contributed by atoms with Gasteiger partial charge in [-0.15, -0.1) is 0 Å². The smallest absolute Gasteiger partial charge is 0.313 e. The van der Waals surface area contributed by atoms with E-state index in [-0.39, 0.29) is 23.8 Å². The highest BCUT2D eigenvalue weighted by Crippen LogP contribution is 2.53. The van der Waals surface area contributed by atoms with Crippen molar-refractivity contribution < 1.29 is 23.9 Å². The second-order valence-electron chi connectivity index (χ2n) is 10.8. The average Bonchev–Trinajstić information content (AvgIpc) is 3.53. The summed E-state index contributed by atoms with van der Waals surface area (Å²) in [5.41, 5.74) is 2.13. The van der Waals surface area contributed by atoms with Gasteiger partial charge in [-0.2, -0.15) is 0 Å². The van der Waals surface area contributed by atoms with E-state index in [1.807, 2.05) is 52.0 Å². The minimum absolute atomic E-state index is 0.129. The molecule has 34 heavy (non-hydrogen) atoms. The Bertz CT molecular complexity index is 1020. The number of rotatable bonds is 6. The van der Waals surface area contributed by atoms with Crippen LogP contribution in [-0.2, 0) is 23.9 Å². The number of esters is 1. The Kier molecular flexibility index (Phi) is 5.79. The van der Waals surface area contributed by atoms with E-state index >= 15 is 0 Å². The zero-order valence-corrected chi connectivity index (χ0v) is 20.4. The number of hydrogen-bond donors (Lipinski definition) is 1. The first-order chi connectivity index (χ1) is 16.2. The molecule has 7 nitrogen and oxygen atoms in total. The Morgan fingerprint density at radius 1 is 1.15 bits per heavy atom. The summed E-state index contributed by atoms with van der Waals surface area (Å²) in [6.07, 6.45) is 6.53. The first-order valence-electron chi connectivity index (χ1n) is 12.5. The maximum absolute atomic E-state index is 13.6. The van der Waals surface area contributed by atoms with Crippen molar-refractivity contribution in [2.75, 3.05) is 11.4 Å². The van der Waals surface area contributed by atoms with Crippen LogP contribution in [0, 0.1) is 31.6 Å². The molecule has 5 rings (SSSR count). The fourth-order valence-corrected chi connectivity index (χ4v) is 6.14. The van der Waals surface area contributed by atoms with Gasteiger partial charge in [0.2, 0.25) is 5.91 Å². The molecule has 0 radical (unpaired) electrons. The predicted molar refractivity (Wildman–Crippen MR) is 127 cm³/mol. The van der Waals surface area contributed by atoms with Crippen molar-refractivity contribution in [3.63, 3.8) is 0 Å². The quantitative estimate of drug-likeness (QED) is 0.514. The van der Waals surface area contributed by atoms with E-state index in [9.17, 15) is 14.4 Å². The van der Waals surface area contributed by atoms with Crippen LogP contribution in [0.5, 0.6) is 0 Å². The van der Waals surface area contributed by atoms with Crippen LogP contribution in [0.15, 0.2) is 30.4 Å². The minimum Gasteiger partial charge on any atom is -0.452 e. The Hall–Kier alpha value is -2.67. The van der Waals surface area contributed by atoms with E-state index in [4.69, 9.17) is 9.47 Å². The van der Waals surface area contributed by atoms with Crippen molar-refractivity contribution in [3.05, 3.63) is 41.5 Å². The van der Waals surface area contributed by atoms with Gasteiger partial charge < -0.3 is 19.7 Å². The van der Waals surface area contributed by atoms with E-state index in [0.717, 1.165) is 42.5 Å². The van der Waals surface area contributed by atoms with Crippen molar-refractivity contribution in [2.24, 2.45) is 17.8 Å². The molecule has 2 bridgehead atoms. The van der Waals surface area contributed by atoms with E-state index in [2.05, 4.69) is 11.4 Å². The second-order valence-corrected chi connectivity index (χ2v) is 10.8. The summed E-state index contributed by atoms with van der Waals surface area (Å²) in [7, 11) is 0. The lowest BCUT2D eigenvalue weighted by Gasteiger charge is -2.27. The largest absolute Gasteiger partial charge is 0.452 e. The molecule has 182 valence electrons. The maximum Gasteiger partial charge on any atom is 0.313 e. The molecule has 2 amide bonds. The lowest BCUT2D eigenvalue weighted by atomic mass is 9.77. The third-order valence-corrected chi connectivity index (χ3v) is 7.70. The van der Waals surface area contributed by atoms with Gasteiger partial charge in [0.1, 0.15) is 11.5 Å². The number of aryl methyl sites for hydroxylation is 2. The van der Waals surface area contributed by atoms with E-state index in [1.165, 1.54) is 0 Å². The van der Waals surface area contributed by atoms with Crippen LogP contribution in [0.25, 0.3) is 0 Å². The summed E-state index contributed by atoms with van der Waals surface area (Å²) in [5.74, 6) is -2.50. The van der Waals surface area contributed by atoms with Crippen molar-refractivity contribution in [2.45, 2.75) is 77.2 Å². The summed E-state index contributed by atoms with van der Waals surface area (Å²) in [5, 5.41) is 3.05. The van der Waals surface area contributed by atoms with Gasteiger partial charge in [-0.3, -0.25) is 14.4 Å². The number of fused-ring (bicyclic) bond motifs is 1. The summed E-state index contributed by atoms with van der Waals surface area (Å²) in [6, 6.07) is 6.17. The highest BCUT2D eigenvalue weighted by atomic mass is 16.6. The third kappa shape index (κ3) is 3.84. The average molecular weight is 467 g/mol. The molecule has 1 aromatic carbocycles. The number of carbonyl (C=O) groups is 3. The van der Waals surface area contributed by atoms with Crippen molar-refractivity contribution in [1.29, 1.82) is 0 Å². The molecule has 3 heterocycles. The SMILES string of the molecule is Cc1cc(C)cc(N2C[C@@]34C=C[C@@H](O3)[C@H](C(=O)O[C@H](C(=O)NC3CCCC3)C(C)C)[C@H]4C2=O)c1. The number of amides is 2. The third-order valence-electron chi connectivity index (χ3n) is 7.70. The lowest BCUT2D eigenvalue weighted by molar-refractivity contribution is -0.165. The van der Waals surface area contributed by atoms with Crippen LogP contribution in [-0.4, -0.2) is 48.2 Å². The molecule has 1 N–H and O–H groups in total. The van der Waals surface area contributed by atoms with Crippen LogP contribution in [0.4, 0.5) is 5.69 Å². The van der Waals surface area contributed by atoms with Gasteiger partial charge in [-0.05, 0) is 55.9 Å². The van der Waals surface area contributed by atoms with Gasteiger partial charge in [-0.1, -0.05) is 44.9 Å². The van der Waals surface area contributed by atoms with Gasteiger partial charge in [0.25, 0.3) is 5.91 Å². The Balaban J connectivity index is 1.35. The molecule has 1 saturated carbocycles. The van der Waals surface area contributed by atoms with Gasteiger partial charge in [0.05, 0.1) is 18.6 Å². The lowest BCUT2D eigenvalue weighted by Crippen LogP contribution is -2.47. The van der Waals surface area contributed by atoms with Crippen molar-refractivity contribution in [3.8, 4) is 0 Å². The number of nitrogens with one attached hydrogen (secondary N) is 1. The highest BCUT2D eigenvalue weighted by Gasteiger charge is 2.67. The Morgan fingerprint density at radius 2 is 1.82 bits per heavy atom. The normalized spacial score (nSPS) is 30.8. The molecule has 1 spiro atoms. The monoisotopic (exact) mass is 466 g/mol. The van der Waals surface area contributed by atoms with E-state index in [0.29, 0.717) is 6.54 Å². The summed E-state index contributed by atoms with van der Waals surface area (Å²) >= 11 is 0. The number of hydrogen-bond acceptors (Lipinski definition) is 5. The number of benzene rings is 1. The fraction of sp³-hybridized carbons (Fsp3) is 0.593. The topological polar surface area (TPSA) is 84.9 Å². The molecule has 1 aromatic rings. The van der Waals surface area contributed by atoms with Gasteiger partial charge in [0, 0.05) is 11.7 Å². The summed E-state index contributed by atoms with van der Waals surface area (Å²) < 4.78 is 12.1. The van der Waals surface area contributed by atoms with Crippen LogP contribution in [0.1, 0.15) is 50.7 Å². The molecule has 2 saturated heterocycles. The fourth-order valence-electron chi connectivity index (χ4n) is 6.14. The van der Waals surface area contributed by atoms with Crippen LogP contribution in [0.3, 0.4) is 0 Å². The maximum atomic E-state index is 13.6. The molecule has 4 aliphatic rings. The standard InChI is InChI=1S/C27H34N2O5/c1-15(2)23(24(30)28-18-7-5-6-8-18)33-26(32)21-20-9-10-27(34-20)14-29(25(31)22(21)27)19-12-16(3)11-17(4)13-19/h9-13,15,18,20-23H,5-8,14H2,1-4H3,(H,28,30)/t20-,21+,22+,23+,27-/m1/s1. The molecular formula is C27H34N2O5. The zero-order chi connectivity index (χ0) is 24.2. The second kappa shape index (κ2) is 8.52. The van der Waals surface area contributed by atoms with Crippen molar-refractivity contribution >= 4 is 23.5 Å². The molecule has 5 atom stereocenters. The van der Waals surface area contributed by atoms with Gasteiger partial charge in [0.15, 0.2) is 6.10 Å². The minimum atomic E-state index is -0.890. The van der Waals surface area contributed by atoms with E-state index in [1.54, 1.807) is 4.90 Å². The number of ether oxygens (including phenoxy) is 2. The number of carbonyl (C=O) groups excluding carboxylic acids is 3. The molecule has 3 aliphatic heterocycles. The molecular weight excluding hydrogens is 432 g/mol. The highest BCUT2D eigenvalue weighted by molar-refractivity contribution is 6.03. The molecule has 7 heteroatoms. The van der Waals surface area contributed by atoms with Gasteiger partial charge >= 0.3 is 5.97 Å². The first kappa shape index (κ1) is 23.1. The van der Waals surface area contributed by atoms with Crippen molar-refractivity contribution in [1.82, 2.24) is 5.32 Å². The summed E-state index contributed by atoms with van der Waals surface area (Å²) in [6.45, 7) is 8.11. The van der Waals surface area contributed by atoms with Crippen LogP contribution in [0.2, 0.25) is 0 Å². The number of anilines is 1. The van der Waals surface area contributed by atoms with Crippen LogP contribution < -0.4 is 10.2 Å². The van der Waals surface area contributed by atoms with Gasteiger partial charge in [-0.25, -0.2) is 0 Å². The molecule has 3 fully saturated rings. The zero-order valence-electron chi connectivity index (χ0n) is 20.4. The Morgan fingerprint density at radius 3 is 2.47 bits per heavy atom.